The lowest BCUT2D eigenvalue weighted by Gasteiger charge is -2.12. The molecule has 17 heavy (non-hydrogen) atoms. The van der Waals surface area contributed by atoms with Crippen LogP contribution in [0.15, 0.2) is 18.3 Å². The van der Waals surface area contributed by atoms with Crippen LogP contribution in [0, 0.1) is 6.92 Å². The molecule has 1 aromatic heterocycles. The quantitative estimate of drug-likeness (QED) is 0.783. The minimum Gasteiger partial charge on any atom is -0.350 e. The van der Waals surface area contributed by atoms with Gasteiger partial charge in [-0.05, 0) is 32.0 Å². The lowest BCUT2D eigenvalue weighted by Crippen LogP contribution is -2.33. The highest BCUT2D eigenvalue weighted by Crippen LogP contribution is 2.02. The summed E-state index contributed by atoms with van der Waals surface area (Å²) in [4.78, 5) is 15.9. The lowest BCUT2D eigenvalue weighted by atomic mass is 10.2. The van der Waals surface area contributed by atoms with E-state index in [1.807, 2.05) is 32.9 Å². The van der Waals surface area contributed by atoms with Crippen molar-refractivity contribution in [2.24, 2.45) is 0 Å². The maximum absolute atomic E-state index is 11.6. The number of carbonyl (C=O) groups excluding carboxylic acids is 1. The van der Waals surface area contributed by atoms with Gasteiger partial charge in [0.2, 0.25) is 5.91 Å². The molecule has 1 heterocycles. The molecule has 1 rings (SSSR count). The summed E-state index contributed by atoms with van der Waals surface area (Å²) in [5.74, 6) is 0.0588. The third-order valence-electron chi connectivity index (χ3n) is 2.62. The molecule has 1 atom stereocenters. The van der Waals surface area contributed by atoms with Gasteiger partial charge in [0.15, 0.2) is 0 Å². The zero-order valence-electron chi connectivity index (χ0n) is 10.8. The van der Waals surface area contributed by atoms with Gasteiger partial charge in [-0.15, -0.1) is 0 Å². The van der Waals surface area contributed by atoms with E-state index in [-0.39, 0.29) is 11.9 Å². The fraction of sp³-hybridized carbons (Fsp3) is 0.538. The van der Waals surface area contributed by atoms with Gasteiger partial charge in [-0.2, -0.15) is 0 Å². The Balaban J connectivity index is 2.36. The smallest absolute Gasteiger partial charge is 0.221 e. The first-order valence-electron chi connectivity index (χ1n) is 6.04. The standard InChI is InChI=1S/C13H21N3O/c1-4-14-11(3)8-13(17)16-9-12-10(2)6-5-7-15-12/h5-7,11,14H,4,8-9H2,1-3H3,(H,16,17). The molecule has 0 aliphatic rings. The number of amides is 1. The van der Waals surface area contributed by atoms with Gasteiger partial charge in [-0.25, -0.2) is 0 Å². The first-order valence-corrected chi connectivity index (χ1v) is 6.04. The molecule has 0 saturated heterocycles. The van der Waals surface area contributed by atoms with Crippen molar-refractivity contribution in [2.45, 2.75) is 39.8 Å². The van der Waals surface area contributed by atoms with Crippen LogP contribution < -0.4 is 10.6 Å². The fourth-order valence-corrected chi connectivity index (χ4v) is 1.66. The Labute approximate surface area is 103 Å². The second-order valence-corrected chi connectivity index (χ2v) is 4.21. The maximum Gasteiger partial charge on any atom is 0.221 e. The maximum atomic E-state index is 11.6. The van der Waals surface area contributed by atoms with E-state index in [2.05, 4.69) is 15.6 Å². The average Bonchev–Trinajstić information content (AvgIpc) is 2.28. The summed E-state index contributed by atoms with van der Waals surface area (Å²) < 4.78 is 0. The number of hydrogen-bond donors (Lipinski definition) is 2. The number of nitrogens with one attached hydrogen (secondary N) is 2. The second kappa shape index (κ2) is 7.01. The normalized spacial score (nSPS) is 12.2. The summed E-state index contributed by atoms with van der Waals surface area (Å²) in [6.45, 7) is 7.43. The Kier molecular flexibility index (Phi) is 5.63. The molecule has 0 bridgehead atoms. The van der Waals surface area contributed by atoms with E-state index in [1.54, 1.807) is 6.20 Å². The number of aromatic nitrogens is 1. The van der Waals surface area contributed by atoms with Crippen molar-refractivity contribution in [3.05, 3.63) is 29.6 Å². The Bertz CT molecular complexity index is 365. The van der Waals surface area contributed by atoms with E-state index in [0.717, 1.165) is 17.8 Å². The number of rotatable bonds is 6. The summed E-state index contributed by atoms with van der Waals surface area (Å²) in [6.07, 6.45) is 2.25. The molecule has 94 valence electrons. The third-order valence-corrected chi connectivity index (χ3v) is 2.62. The van der Waals surface area contributed by atoms with Crippen LogP contribution in [0.3, 0.4) is 0 Å². The molecule has 0 aliphatic heterocycles. The molecular formula is C13H21N3O. The van der Waals surface area contributed by atoms with E-state index >= 15 is 0 Å². The van der Waals surface area contributed by atoms with E-state index in [0.29, 0.717) is 13.0 Å². The lowest BCUT2D eigenvalue weighted by molar-refractivity contribution is -0.121. The van der Waals surface area contributed by atoms with Crippen molar-refractivity contribution < 1.29 is 4.79 Å². The van der Waals surface area contributed by atoms with E-state index in [1.165, 1.54) is 0 Å². The Hall–Kier alpha value is -1.42. The van der Waals surface area contributed by atoms with Gasteiger partial charge in [-0.3, -0.25) is 9.78 Å². The van der Waals surface area contributed by atoms with E-state index in [9.17, 15) is 4.79 Å². The Morgan fingerprint density at radius 1 is 1.53 bits per heavy atom. The minimum atomic E-state index is 0.0588. The Morgan fingerprint density at radius 3 is 2.94 bits per heavy atom. The number of pyridine rings is 1. The van der Waals surface area contributed by atoms with Crippen LogP contribution in [0.1, 0.15) is 31.5 Å². The minimum absolute atomic E-state index is 0.0588. The van der Waals surface area contributed by atoms with Crippen LogP contribution in [0.5, 0.6) is 0 Å². The number of aryl methyl sites for hydroxylation is 1. The zero-order valence-corrected chi connectivity index (χ0v) is 10.8. The molecule has 0 spiro atoms. The molecule has 1 amide bonds. The monoisotopic (exact) mass is 235 g/mol. The van der Waals surface area contributed by atoms with Crippen molar-refractivity contribution in [3.63, 3.8) is 0 Å². The largest absolute Gasteiger partial charge is 0.350 e. The molecule has 0 aromatic carbocycles. The second-order valence-electron chi connectivity index (χ2n) is 4.21. The molecule has 4 heteroatoms. The Morgan fingerprint density at radius 2 is 2.29 bits per heavy atom. The highest BCUT2D eigenvalue weighted by Gasteiger charge is 2.08. The average molecular weight is 235 g/mol. The number of hydrogen-bond acceptors (Lipinski definition) is 3. The highest BCUT2D eigenvalue weighted by molar-refractivity contribution is 5.76. The summed E-state index contributed by atoms with van der Waals surface area (Å²) in [5, 5.41) is 6.10. The predicted molar refractivity (Wildman–Crippen MR) is 68.6 cm³/mol. The molecule has 1 aromatic rings. The topological polar surface area (TPSA) is 54.0 Å². The van der Waals surface area contributed by atoms with Gasteiger partial charge in [0.1, 0.15) is 0 Å². The van der Waals surface area contributed by atoms with Gasteiger partial charge in [0, 0.05) is 18.7 Å². The number of nitrogens with zero attached hydrogens (tertiary/aromatic N) is 1. The predicted octanol–water partition coefficient (Wildman–Crippen LogP) is 1.39. The van der Waals surface area contributed by atoms with Crippen LogP contribution in [-0.4, -0.2) is 23.5 Å². The van der Waals surface area contributed by atoms with Gasteiger partial charge < -0.3 is 10.6 Å². The van der Waals surface area contributed by atoms with E-state index in [4.69, 9.17) is 0 Å². The first-order chi connectivity index (χ1) is 8.13. The van der Waals surface area contributed by atoms with E-state index < -0.39 is 0 Å². The van der Waals surface area contributed by atoms with Crippen molar-refractivity contribution >= 4 is 5.91 Å². The van der Waals surface area contributed by atoms with Crippen molar-refractivity contribution in [1.82, 2.24) is 15.6 Å². The summed E-state index contributed by atoms with van der Waals surface area (Å²) >= 11 is 0. The van der Waals surface area contributed by atoms with Gasteiger partial charge in [0.05, 0.1) is 12.2 Å². The molecule has 4 nitrogen and oxygen atoms in total. The summed E-state index contributed by atoms with van der Waals surface area (Å²) in [5.41, 5.74) is 2.03. The van der Waals surface area contributed by atoms with Crippen molar-refractivity contribution in [3.8, 4) is 0 Å². The molecule has 0 aliphatic carbocycles. The highest BCUT2D eigenvalue weighted by atomic mass is 16.1. The molecule has 0 saturated carbocycles. The van der Waals surface area contributed by atoms with Crippen LogP contribution in [0.25, 0.3) is 0 Å². The number of carbonyl (C=O) groups is 1. The van der Waals surface area contributed by atoms with Gasteiger partial charge in [0.25, 0.3) is 0 Å². The molecule has 1 unspecified atom stereocenters. The SMILES string of the molecule is CCNC(C)CC(=O)NCc1ncccc1C. The third kappa shape index (κ3) is 4.95. The molecule has 2 N–H and O–H groups in total. The first kappa shape index (κ1) is 13.6. The molecule has 0 radical (unpaired) electrons. The zero-order chi connectivity index (χ0) is 12.7. The van der Waals surface area contributed by atoms with Gasteiger partial charge >= 0.3 is 0 Å². The van der Waals surface area contributed by atoms with Crippen LogP contribution in [-0.2, 0) is 11.3 Å². The van der Waals surface area contributed by atoms with Crippen molar-refractivity contribution in [2.75, 3.05) is 6.54 Å². The molecular weight excluding hydrogens is 214 g/mol. The van der Waals surface area contributed by atoms with Crippen LogP contribution in [0.4, 0.5) is 0 Å². The van der Waals surface area contributed by atoms with Gasteiger partial charge in [-0.1, -0.05) is 13.0 Å². The summed E-state index contributed by atoms with van der Waals surface area (Å²) in [6, 6.07) is 4.11. The fourth-order valence-electron chi connectivity index (χ4n) is 1.66. The molecule has 0 fully saturated rings. The van der Waals surface area contributed by atoms with Crippen LogP contribution in [0.2, 0.25) is 0 Å². The summed E-state index contributed by atoms with van der Waals surface area (Å²) in [7, 11) is 0. The van der Waals surface area contributed by atoms with Crippen molar-refractivity contribution in [1.29, 1.82) is 0 Å². The van der Waals surface area contributed by atoms with Crippen LogP contribution >= 0.6 is 0 Å².